The Bertz CT molecular complexity index is 1020. The molecule has 3 rings (SSSR count). The van der Waals surface area contributed by atoms with Gasteiger partial charge in [0.2, 0.25) is 15.9 Å². The minimum atomic E-state index is -3.59. The summed E-state index contributed by atoms with van der Waals surface area (Å²) in [6, 6.07) is 12.3. The first-order chi connectivity index (χ1) is 14.7. The lowest BCUT2D eigenvalue weighted by atomic mass is 9.96. The van der Waals surface area contributed by atoms with E-state index in [1.54, 1.807) is 25.3 Å². The third-order valence-corrected chi connectivity index (χ3v) is 8.08. The molecule has 31 heavy (non-hydrogen) atoms. The van der Waals surface area contributed by atoms with Crippen molar-refractivity contribution >= 4 is 39.1 Å². The summed E-state index contributed by atoms with van der Waals surface area (Å²) in [5.74, 6) is 0.138. The number of ether oxygens (including phenoxy) is 1. The van der Waals surface area contributed by atoms with E-state index in [0.717, 1.165) is 11.3 Å². The molecule has 0 radical (unpaired) electrons. The number of amides is 1. The minimum absolute atomic E-state index is 0.0791. The Balaban J connectivity index is 1.59. The van der Waals surface area contributed by atoms with Crippen molar-refractivity contribution < 1.29 is 17.9 Å². The Labute approximate surface area is 193 Å². The summed E-state index contributed by atoms with van der Waals surface area (Å²) in [7, 11) is -1.99. The number of hydrogen-bond donors (Lipinski definition) is 1. The van der Waals surface area contributed by atoms with E-state index in [2.05, 4.69) is 5.32 Å². The molecule has 1 N–H and O–H groups in total. The Morgan fingerprint density at radius 2 is 1.74 bits per heavy atom. The number of carbonyl (C=O) groups is 1. The van der Waals surface area contributed by atoms with Crippen LogP contribution in [0.25, 0.3) is 0 Å². The molecule has 2 aromatic rings. The van der Waals surface area contributed by atoms with E-state index in [0.29, 0.717) is 28.5 Å². The lowest BCUT2D eigenvalue weighted by molar-refractivity contribution is -0.126. The molecule has 168 valence electrons. The first-order valence-corrected chi connectivity index (χ1v) is 12.4. The normalized spacial score (nSPS) is 16.6. The van der Waals surface area contributed by atoms with E-state index in [-0.39, 0.29) is 36.7 Å². The minimum Gasteiger partial charge on any atom is -0.496 e. The van der Waals surface area contributed by atoms with Gasteiger partial charge in [-0.1, -0.05) is 47.5 Å². The van der Waals surface area contributed by atoms with Gasteiger partial charge in [0.25, 0.3) is 0 Å². The average molecular weight is 485 g/mol. The van der Waals surface area contributed by atoms with E-state index in [4.69, 9.17) is 27.9 Å². The van der Waals surface area contributed by atoms with Gasteiger partial charge >= 0.3 is 0 Å². The molecule has 0 unspecified atom stereocenters. The maximum absolute atomic E-state index is 12.9. The van der Waals surface area contributed by atoms with E-state index in [9.17, 15) is 13.2 Å². The molecular formula is C22H26Cl2N2O4S. The second-order valence-electron chi connectivity index (χ2n) is 7.60. The SMILES string of the molecule is COc1ccccc1[C@@H](C)NC(=O)C1CCN(S(=O)(=O)Cc2c(Cl)cccc2Cl)CC1. The predicted octanol–water partition coefficient (Wildman–Crippen LogP) is 4.42. The quantitative estimate of drug-likeness (QED) is 0.630. The molecule has 1 saturated heterocycles. The zero-order valence-electron chi connectivity index (χ0n) is 17.5. The van der Waals surface area contributed by atoms with Crippen molar-refractivity contribution in [3.05, 3.63) is 63.6 Å². The molecule has 6 nitrogen and oxygen atoms in total. The summed E-state index contributed by atoms with van der Waals surface area (Å²) in [4.78, 5) is 12.8. The second kappa shape index (κ2) is 10.2. The van der Waals surface area contributed by atoms with Crippen LogP contribution in [-0.4, -0.2) is 38.8 Å². The van der Waals surface area contributed by atoms with Gasteiger partial charge in [0.1, 0.15) is 5.75 Å². The number of benzene rings is 2. The number of nitrogens with one attached hydrogen (secondary N) is 1. The van der Waals surface area contributed by atoms with Crippen molar-refractivity contribution in [3.8, 4) is 5.75 Å². The van der Waals surface area contributed by atoms with Crippen LogP contribution in [0.2, 0.25) is 10.0 Å². The highest BCUT2D eigenvalue weighted by Crippen LogP contribution is 2.30. The summed E-state index contributed by atoms with van der Waals surface area (Å²) in [5, 5.41) is 3.69. The first-order valence-electron chi connectivity index (χ1n) is 10.1. The molecular weight excluding hydrogens is 459 g/mol. The van der Waals surface area contributed by atoms with Gasteiger partial charge in [0.15, 0.2) is 0 Å². The van der Waals surface area contributed by atoms with Crippen LogP contribution in [0.3, 0.4) is 0 Å². The van der Waals surface area contributed by atoms with Crippen LogP contribution in [-0.2, 0) is 20.6 Å². The third kappa shape index (κ3) is 5.71. The summed E-state index contributed by atoms with van der Waals surface area (Å²) >= 11 is 12.3. The number of hydrogen-bond acceptors (Lipinski definition) is 4. The van der Waals surface area contributed by atoms with Crippen LogP contribution in [0, 0.1) is 5.92 Å². The van der Waals surface area contributed by atoms with Crippen molar-refractivity contribution in [1.29, 1.82) is 0 Å². The van der Waals surface area contributed by atoms with Crippen molar-refractivity contribution in [3.63, 3.8) is 0 Å². The molecule has 1 fully saturated rings. The number of carbonyl (C=O) groups excluding carboxylic acids is 1. The van der Waals surface area contributed by atoms with E-state index < -0.39 is 10.0 Å². The molecule has 0 spiro atoms. The Kier molecular flexibility index (Phi) is 7.86. The Hall–Kier alpha value is -1.80. The topological polar surface area (TPSA) is 75.7 Å². The van der Waals surface area contributed by atoms with Crippen molar-refractivity contribution in [2.45, 2.75) is 31.6 Å². The van der Waals surface area contributed by atoms with Gasteiger partial charge in [-0.3, -0.25) is 4.79 Å². The molecule has 1 aliphatic heterocycles. The molecule has 0 bridgehead atoms. The molecule has 0 saturated carbocycles. The summed E-state index contributed by atoms with van der Waals surface area (Å²) in [6.45, 7) is 2.47. The lowest BCUT2D eigenvalue weighted by Gasteiger charge is -2.31. The highest BCUT2D eigenvalue weighted by atomic mass is 35.5. The Morgan fingerprint density at radius 3 is 2.35 bits per heavy atom. The zero-order valence-corrected chi connectivity index (χ0v) is 19.8. The Morgan fingerprint density at radius 1 is 1.13 bits per heavy atom. The maximum atomic E-state index is 12.9. The molecule has 9 heteroatoms. The van der Waals surface area contributed by atoms with Crippen LogP contribution in [0.4, 0.5) is 0 Å². The van der Waals surface area contributed by atoms with Crippen LogP contribution in [0.5, 0.6) is 5.75 Å². The molecule has 1 atom stereocenters. The number of piperidine rings is 1. The fourth-order valence-corrected chi connectivity index (χ4v) is 6.09. The number of rotatable bonds is 7. The number of sulfonamides is 1. The fourth-order valence-electron chi connectivity index (χ4n) is 3.77. The molecule has 1 aliphatic rings. The predicted molar refractivity (Wildman–Crippen MR) is 123 cm³/mol. The average Bonchev–Trinajstić information content (AvgIpc) is 2.76. The van der Waals surface area contributed by atoms with Gasteiger partial charge < -0.3 is 10.1 Å². The number of halogens is 2. The van der Waals surface area contributed by atoms with Gasteiger partial charge in [-0.25, -0.2) is 12.7 Å². The lowest BCUT2D eigenvalue weighted by Crippen LogP contribution is -2.43. The third-order valence-electron chi connectivity index (χ3n) is 5.57. The van der Waals surface area contributed by atoms with E-state index >= 15 is 0 Å². The van der Waals surface area contributed by atoms with Crippen LogP contribution >= 0.6 is 23.2 Å². The molecule has 0 aliphatic carbocycles. The second-order valence-corrected chi connectivity index (χ2v) is 10.4. The first kappa shape index (κ1) is 23.9. The fraction of sp³-hybridized carbons (Fsp3) is 0.409. The highest BCUT2D eigenvalue weighted by Gasteiger charge is 2.32. The van der Waals surface area contributed by atoms with Crippen molar-refractivity contribution in [1.82, 2.24) is 9.62 Å². The number of para-hydroxylation sites is 1. The summed E-state index contributed by atoms with van der Waals surface area (Å²) in [5.41, 5.74) is 1.30. The number of methoxy groups -OCH3 is 1. The molecule has 2 aromatic carbocycles. The van der Waals surface area contributed by atoms with Gasteiger partial charge in [-0.05, 0) is 38.0 Å². The summed E-state index contributed by atoms with van der Waals surface area (Å²) in [6.07, 6.45) is 0.917. The van der Waals surface area contributed by atoms with Gasteiger partial charge in [-0.2, -0.15) is 0 Å². The zero-order chi connectivity index (χ0) is 22.6. The van der Waals surface area contributed by atoms with Crippen LogP contribution in [0.15, 0.2) is 42.5 Å². The maximum Gasteiger partial charge on any atom is 0.223 e. The van der Waals surface area contributed by atoms with E-state index in [1.165, 1.54) is 4.31 Å². The van der Waals surface area contributed by atoms with Gasteiger partial charge in [-0.15, -0.1) is 0 Å². The van der Waals surface area contributed by atoms with Crippen LogP contribution in [0.1, 0.15) is 36.9 Å². The van der Waals surface area contributed by atoms with Crippen molar-refractivity contribution in [2.75, 3.05) is 20.2 Å². The standard InChI is InChI=1S/C22H26Cl2N2O4S/c1-15(17-6-3-4-9-21(17)30-2)25-22(27)16-10-12-26(13-11-16)31(28,29)14-18-19(23)7-5-8-20(18)24/h3-9,15-16H,10-14H2,1-2H3,(H,25,27)/t15-/m1/s1. The van der Waals surface area contributed by atoms with Gasteiger partial charge in [0.05, 0.1) is 18.9 Å². The van der Waals surface area contributed by atoms with Crippen LogP contribution < -0.4 is 10.1 Å². The highest BCUT2D eigenvalue weighted by molar-refractivity contribution is 7.88. The summed E-state index contributed by atoms with van der Waals surface area (Å²) < 4.78 is 32.5. The molecule has 1 heterocycles. The van der Waals surface area contributed by atoms with E-state index in [1.807, 2.05) is 31.2 Å². The smallest absolute Gasteiger partial charge is 0.223 e. The monoisotopic (exact) mass is 484 g/mol. The molecule has 0 aromatic heterocycles. The van der Waals surface area contributed by atoms with Crippen molar-refractivity contribution in [2.24, 2.45) is 5.92 Å². The molecule has 1 amide bonds. The van der Waals surface area contributed by atoms with Gasteiger partial charge in [0, 0.05) is 40.2 Å². The largest absolute Gasteiger partial charge is 0.496 e. The number of nitrogens with zero attached hydrogens (tertiary/aromatic N) is 1.